The average Bonchev–Trinajstić information content (AvgIpc) is 2.70. The van der Waals surface area contributed by atoms with E-state index in [0.717, 1.165) is 11.1 Å². The minimum Gasteiger partial charge on any atom is -0.467 e. The number of nitrogens with one attached hydrogen (secondary N) is 1. The van der Waals surface area contributed by atoms with E-state index in [1.165, 1.54) is 29.3 Å². The molecule has 2 aromatic rings. The van der Waals surface area contributed by atoms with Crippen LogP contribution in [0.4, 0.5) is 4.39 Å². The average molecular weight is 400 g/mol. The maximum absolute atomic E-state index is 13.2. The van der Waals surface area contributed by atoms with Crippen LogP contribution in [0.15, 0.2) is 36.4 Å². The summed E-state index contributed by atoms with van der Waals surface area (Å²) in [5.74, 6) is -0.603. The number of carbonyl (C=O) groups excluding carboxylic acids is 2. The lowest BCUT2D eigenvalue weighted by atomic mass is 9.99. The van der Waals surface area contributed by atoms with Crippen LogP contribution < -0.4 is 10.2 Å². The zero-order valence-electron chi connectivity index (χ0n) is 17.0. The summed E-state index contributed by atoms with van der Waals surface area (Å²) >= 11 is 0. The number of amides is 2. The molecular weight excluding hydrogens is 375 g/mol. The van der Waals surface area contributed by atoms with E-state index in [9.17, 15) is 14.0 Å². The zero-order chi connectivity index (χ0) is 21.2. The predicted molar refractivity (Wildman–Crippen MR) is 106 cm³/mol. The molecule has 29 heavy (non-hydrogen) atoms. The quantitative estimate of drug-likeness (QED) is 0.795. The number of hydrogen-bond donors (Lipinski definition) is 1. The molecule has 0 aliphatic carbocycles. The van der Waals surface area contributed by atoms with Crippen molar-refractivity contribution in [2.24, 2.45) is 0 Å². The van der Waals surface area contributed by atoms with Gasteiger partial charge in [0.15, 0.2) is 6.79 Å². The second-order valence-electron chi connectivity index (χ2n) is 7.80. The van der Waals surface area contributed by atoms with Crippen LogP contribution in [-0.2, 0) is 17.8 Å². The van der Waals surface area contributed by atoms with E-state index >= 15 is 0 Å². The van der Waals surface area contributed by atoms with Crippen LogP contribution in [0, 0.1) is 5.82 Å². The van der Waals surface area contributed by atoms with E-state index in [4.69, 9.17) is 9.47 Å². The smallest absolute Gasteiger partial charge is 0.272 e. The van der Waals surface area contributed by atoms with Gasteiger partial charge in [-0.05, 0) is 57.5 Å². The van der Waals surface area contributed by atoms with Crippen molar-refractivity contribution in [3.05, 3.63) is 64.5 Å². The molecule has 1 aliphatic rings. The maximum Gasteiger partial charge on any atom is 0.272 e. The first-order chi connectivity index (χ1) is 13.7. The number of fused-ring (bicyclic) bond motifs is 1. The number of nitrogens with zero attached hydrogens (tertiary/aromatic N) is 1. The van der Waals surface area contributed by atoms with Crippen molar-refractivity contribution < 1.29 is 23.5 Å². The Bertz CT molecular complexity index is 920. The minimum absolute atomic E-state index is 0.141. The summed E-state index contributed by atoms with van der Waals surface area (Å²) in [5.41, 5.74) is 4.41. The van der Waals surface area contributed by atoms with Gasteiger partial charge in [0.05, 0.1) is 12.1 Å². The number of benzene rings is 2. The number of halogens is 1. The van der Waals surface area contributed by atoms with Crippen LogP contribution in [0.3, 0.4) is 0 Å². The second-order valence-corrected chi connectivity index (χ2v) is 7.80. The molecule has 0 unspecified atom stereocenters. The summed E-state index contributed by atoms with van der Waals surface area (Å²) in [6.45, 7) is 7.94. The van der Waals surface area contributed by atoms with Gasteiger partial charge in [-0.3, -0.25) is 15.0 Å². The van der Waals surface area contributed by atoms with Crippen molar-refractivity contribution in [1.82, 2.24) is 10.4 Å². The van der Waals surface area contributed by atoms with Crippen LogP contribution in [0.5, 0.6) is 5.75 Å². The van der Waals surface area contributed by atoms with Crippen LogP contribution in [-0.4, -0.2) is 29.2 Å². The SMILES string of the molecule is CCc1c(C(=O)NN(C(=O)c2ccc(F)cc2)C(C)(C)C)ccc2c1OCOC2. The fourth-order valence-electron chi connectivity index (χ4n) is 3.19. The van der Waals surface area contributed by atoms with Crippen molar-refractivity contribution >= 4 is 11.8 Å². The molecule has 2 aromatic carbocycles. The highest BCUT2D eigenvalue weighted by Crippen LogP contribution is 2.31. The maximum atomic E-state index is 13.2. The molecule has 1 heterocycles. The highest BCUT2D eigenvalue weighted by Gasteiger charge is 2.31. The van der Waals surface area contributed by atoms with Gasteiger partial charge in [-0.2, -0.15) is 0 Å². The van der Waals surface area contributed by atoms with Crippen LogP contribution in [0.1, 0.15) is 59.5 Å². The predicted octanol–water partition coefficient (Wildman–Crippen LogP) is 3.84. The normalized spacial score (nSPS) is 13.3. The molecule has 0 saturated heterocycles. The lowest BCUT2D eigenvalue weighted by molar-refractivity contribution is -0.0170. The number of hydrazine groups is 1. The van der Waals surface area contributed by atoms with Crippen molar-refractivity contribution in [3.8, 4) is 5.75 Å². The lowest BCUT2D eigenvalue weighted by Gasteiger charge is -2.35. The number of ether oxygens (including phenoxy) is 2. The Balaban J connectivity index is 1.91. The van der Waals surface area contributed by atoms with E-state index in [-0.39, 0.29) is 12.4 Å². The topological polar surface area (TPSA) is 67.9 Å². The van der Waals surface area contributed by atoms with Crippen molar-refractivity contribution in [3.63, 3.8) is 0 Å². The first-order valence-electron chi connectivity index (χ1n) is 9.48. The van der Waals surface area contributed by atoms with E-state index in [1.54, 1.807) is 12.1 Å². The Hall–Kier alpha value is -2.93. The molecule has 1 N–H and O–H groups in total. The third kappa shape index (κ3) is 4.40. The van der Waals surface area contributed by atoms with E-state index in [2.05, 4.69) is 5.43 Å². The fraction of sp³-hybridized carbons (Fsp3) is 0.364. The van der Waals surface area contributed by atoms with Crippen molar-refractivity contribution in [2.75, 3.05) is 6.79 Å². The van der Waals surface area contributed by atoms with E-state index < -0.39 is 23.2 Å². The third-order valence-electron chi connectivity index (χ3n) is 4.66. The van der Waals surface area contributed by atoms with Gasteiger partial charge in [-0.25, -0.2) is 9.40 Å². The molecule has 7 heteroatoms. The van der Waals surface area contributed by atoms with E-state index in [1.807, 2.05) is 27.7 Å². The van der Waals surface area contributed by atoms with Crippen molar-refractivity contribution in [2.45, 2.75) is 46.3 Å². The Morgan fingerprint density at radius 2 is 1.83 bits per heavy atom. The fourth-order valence-corrected chi connectivity index (χ4v) is 3.19. The molecule has 154 valence electrons. The van der Waals surface area contributed by atoms with Gasteiger partial charge < -0.3 is 9.47 Å². The summed E-state index contributed by atoms with van der Waals surface area (Å²) in [4.78, 5) is 26.1. The minimum atomic E-state index is -0.702. The third-order valence-corrected chi connectivity index (χ3v) is 4.66. The summed E-state index contributed by atoms with van der Waals surface area (Å²) in [7, 11) is 0. The number of hydrogen-bond acceptors (Lipinski definition) is 4. The van der Waals surface area contributed by atoms with Crippen LogP contribution >= 0.6 is 0 Å². The van der Waals surface area contributed by atoms with Gasteiger partial charge in [-0.15, -0.1) is 0 Å². The van der Waals surface area contributed by atoms with Gasteiger partial charge >= 0.3 is 0 Å². The number of rotatable bonds is 3. The van der Waals surface area contributed by atoms with Gasteiger partial charge in [-0.1, -0.05) is 13.0 Å². The Morgan fingerprint density at radius 1 is 1.14 bits per heavy atom. The summed E-state index contributed by atoms with van der Waals surface area (Å²) in [6, 6.07) is 8.74. The first-order valence-corrected chi connectivity index (χ1v) is 9.48. The lowest BCUT2D eigenvalue weighted by Crippen LogP contribution is -2.56. The van der Waals surface area contributed by atoms with Crippen LogP contribution in [0.25, 0.3) is 0 Å². The second kappa shape index (κ2) is 8.21. The Morgan fingerprint density at radius 3 is 2.45 bits per heavy atom. The standard InChI is InChI=1S/C22H25FN2O4/c1-5-17-18(11-8-15-12-28-13-29-19(15)17)20(26)24-25(22(2,3)4)21(27)14-6-9-16(23)10-7-14/h6-11H,5,12-13H2,1-4H3,(H,24,26). The highest BCUT2D eigenvalue weighted by molar-refractivity contribution is 6.00. The molecular formula is C22H25FN2O4. The van der Waals surface area contributed by atoms with Gasteiger partial charge in [0.1, 0.15) is 11.6 Å². The Kier molecular flexibility index (Phi) is 5.88. The molecule has 3 rings (SSSR count). The molecule has 0 fully saturated rings. The monoisotopic (exact) mass is 400 g/mol. The molecule has 0 atom stereocenters. The molecule has 0 spiro atoms. The molecule has 2 amide bonds. The molecule has 0 saturated carbocycles. The summed E-state index contributed by atoms with van der Waals surface area (Å²) < 4.78 is 24.1. The molecule has 0 aromatic heterocycles. The summed E-state index contributed by atoms with van der Waals surface area (Å²) in [6.07, 6.45) is 0.591. The first kappa shape index (κ1) is 20.8. The van der Waals surface area contributed by atoms with Gasteiger partial charge in [0.2, 0.25) is 0 Å². The van der Waals surface area contributed by atoms with Crippen molar-refractivity contribution in [1.29, 1.82) is 0 Å². The van der Waals surface area contributed by atoms with Crippen LogP contribution in [0.2, 0.25) is 0 Å². The van der Waals surface area contributed by atoms with Gasteiger partial charge in [0, 0.05) is 22.3 Å². The number of carbonyl (C=O) groups is 2. The van der Waals surface area contributed by atoms with E-state index in [0.29, 0.717) is 24.3 Å². The van der Waals surface area contributed by atoms with Gasteiger partial charge in [0.25, 0.3) is 11.8 Å². The molecule has 6 nitrogen and oxygen atoms in total. The largest absolute Gasteiger partial charge is 0.467 e. The molecule has 0 bridgehead atoms. The molecule has 0 radical (unpaired) electrons. The zero-order valence-corrected chi connectivity index (χ0v) is 17.0. The molecule has 1 aliphatic heterocycles. The summed E-state index contributed by atoms with van der Waals surface area (Å²) in [5, 5.41) is 1.27. The Labute approximate surface area is 169 Å². The highest BCUT2D eigenvalue weighted by atomic mass is 19.1.